The predicted molar refractivity (Wildman–Crippen MR) is 74.5 cm³/mol. The van der Waals surface area contributed by atoms with Crippen molar-refractivity contribution in [3.05, 3.63) is 26.3 Å². The number of halogens is 1. The summed E-state index contributed by atoms with van der Waals surface area (Å²) < 4.78 is 6.69. The Morgan fingerprint density at radius 1 is 1.56 bits per heavy atom. The van der Waals surface area contributed by atoms with Crippen molar-refractivity contribution < 1.29 is 4.42 Å². The Kier molecular flexibility index (Phi) is 4.37. The Balaban J connectivity index is 2.02. The molecule has 0 saturated carbocycles. The molecule has 0 aliphatic rings. The van der Waals surface area contributed by atoms with Gasteiger partial charge < -0.3 is 9.73 Å². The molecule has 0 amide bonds. The van der Waals surface area contributed by atoms with E-state index in [0.29, 0.717) is 5.89 Å². The van der Waals surface area contributed by atoms with Crippen LogP contribution in [-0.4, -0.2) is 11.5 Å². The highest BCUT2D eigenvalue weighted by molar-refractivity contribution is 14.1. The Morgan fingerprint density at radius 3 is 3.12 bits per heavy atom. The molecule has 0 radical (unpaired) electrons. The van der Waals surface area contributed by atoms with Crippen LogP contribution >= 0.6 is 33.9 Å². The predicted octanol–water partition coefficient (Wildman–Crippen LogP) is 3.51. The molecule has 0 spiro atoms. The van der Waals surface area contributed by atoms with Crippen LogP contribution in [-0.2, 0) is 6.54 Å². The van der Waals surface area contributed by atoms with Crippen LogP contribution in [0.5, 0.6) is 0 Å². The molecule has 0 unspecified atom stereocenters. The van der Waals surface area contributed by atoms with E-state index in [9.17, 15) is 0 Å². The lowest BCUT2D eigenvalue weighted by atomic mass is 10.3. The lowest BCUT2D eigenvalue weighted by molar-refractivity contribution is 0.570. The number of hydrogen-bond acceptors (Lipinski definition) is 4. The van der Waals surface area contributed by atoms with E-state index >= 15 is 0 Å². The molecule has 2 rings (SSSR count). The SMILES string of the molecule is CCCNCc1coc(-c2csc(I)c2)n1. The monoisotopic (exact) mass is 348 g/mol. The summed E-state index contributed by atoms with van der Waals surface area (Å²) in [5.41, 5.74) is 2.03. The number of nitrogens with one attached hydrogen (secondary N) is 1. The topological polar surface area (TPSA) is 38.1 Å². The molecule has 1 N–H and O–H groups in total. The Labute approximate surface area is 112 Å². The first-order valence-electron chi connectivity index (χ1n) is 5.19. The minimum atomic E-state index is 0.715. The number of hydrogen-bond donors (Lipinski definition) is 1. The van der Waals surface area contributed by atoms with Gasteiger partial charge >= 0.3 is 0 Å². The Morgan fingerprint density at radius 2 is 2.44 bits per heavy atom. The van der Waals surface area contributed by atoms with E-state index in [1.165, 1.54) is 2.88 Å². The molecular weight excluding hydrogens is 335 g/mol. The molecule has 2 aromatic heterocycles. The number of nitrogens with zero attached hydrogens (tertiary/aromatic N) is 1. The normalized spacial score (nSPS) is 10.9. The van der Waals surface area contributed by atoms with E-state index in [1.54, 1.807) is 17.6 Å². The zero-order valence-electron chi connectivity index (χ0n) is 9.00. The molecule has 0 aliphatic heterocycles. The van der Waals surface area contributed by atoms with E-state index in [1.807, 2.05) is 0 Å². The van der Waals surface area contributed by atoms with Gasteiger partial charge in [-0.3, -0.25) is 0 Å². The van der Waals surface area contributed by atoms with E-state index < -0.39 is 0 Å². The first-order valence-corrected chi connectivity index (χ1v) is 7.15. The largest absolute Gasteiger partial charge is 0.444 e. The third-order valence-corrected chi connectivity index (χ3v) is 3.89. The molecule has 2 heterocycles. The second-order valence-corrected chi connectivity index (χ2v) is 6.27. The van der Waals surface area contributed by atoms with Crippen molar-refractivity contribution in [2.75, 3.05) is 6.54 Å². The maximum absolute atomic E-state index is 5.45. The maximum atomic E-state index is 5.45. The van der Waals surface area contributed by atoms with Gasteiger partial charge in [-0.1, -0.05) is 6.92 Å². The fraction of sp³-hybridized carbons (Fsp3) is 0.364. The van der Waals surface area contributed by atoms with Crippen molar-refractivity contribution in [2.24, 2.45) is 0 Å². The second-order valence-electron chi connectivity index (χ2n) is 3.46. The summed E-state index contributed by atoms with van der Waals surface area (Å²) in [7, 11) is 0. The molecule has 5 heteroatoms. The summed E-state index contributed by atoms with van der Waals surface area (Å²) in [6.07, 6.45) is 2.86. The van der Waals surface area contributed by atoms with Gasteiger partial charge in [0, 0.05) is 17.5 Å². The number of aromatic nitrogens is 1. The molecule has 0 bridgehead atoms. The molecule has 86 valence electrons. The summed E-state index contributed by atoms with van der Waals surface area (Å²) in [4.78, 5) is 4.44. The van der Waals surface area contributed by atoms with E-state index in [-0.39, 0.29) is 0 Å². The lowest BCUT2D eigenvalue weighted by Crippen LogP contribution is -2.13. The molecule has 0 saturated heterocycles. The molecular formula is C11H13IN2OS. The summed E-state index contributed by atoms with van der Waals surface area (Å²) in [5.74, 6) is 0.715. The van der Waals surface area contributed by atoms with Crippen molar-refractivity contribution in [3.63, 3.8) is 0 Å². The third-order valence-electron chi connectivity index (χ3n) is 2.10. The van der Waals surface area contributed by atoms with Crippen LogP contribution in [0.2, 0.25) is 0 Å². The molecule has 0 atom stereocenters. The van der Waals surface area contributed by atoms with Gasteiger partial charge in [0.25, 0.3) is 0 Å². The summed E-state index contributed by atoms with van der Waals surface area (Å²) >= 11 is 4.00. The van der Waals surface area contributed by atoms with E-state index in [0.717, 1.165) is 30.8 Å². The molecule has 0 aliphatic carbocycles. The molecule has 16 heavy (non-hydrogen) atoms. The first kappa shape index (κ1) is 12.1. The van der Waals surface area contributed by atoms with Gasteiger partial charge in [-0.15, -0.1) is 11.3 Å². The summed E-state index contributed by atoms with van der Waals surface area (Å²) in [5, 5.41) is 5.37. The van der Waals surface area contributed by atoms with Crippen LogP contribution in [0.15, 0.2) is 22.1 Å². The van der Waals surface area contributed by atoms with Gasteiger partial charge in [-0.25, -0.2) is 4.98 Å². The average Bonchev–Trinajstić information content (AvgIpc) is 2.87. The zero-order chi connectivity index (χ0) is 11.4. The van der Waals surface area contributed by atoms with Gasteiger partial charge in [-0.2, -0.15) is 0 Å². The van der Waals surface area contributed by atoms with Crippen LogP contribution < -0.4 is 5.32 Å². The molecule has 3 nitrogen and oxygen atoms in total. The van der Waals surface area contributed by atoms with Crippen molar-refractivity contribution in [2.45, 2.75) is 19.9 Å². The fourth-order valence-corrected chi connectivity index (χ4v) is 2.66. The van der Waals surface area contributed by atoms with Crippen LogP contribution in [0.3, 0.4) is 0 Å². The van der Waals surface area contributed by atoms with Crippen LogP contribution in [0, 0.1) is 2.88 Å². The smallest absolute Gasteiger partial charge is 0.227 e. The third kappa shape index (κ3) is 3.05. The van der Waals surface area contributed by atoms with Crippen LogP contribution in [0.25, 0.3) is 11.5 Å². The minimum absolute atomic E-state index is 0.715. The quantitative estimate of drug-likeness (QED) is 0.664. The van der Waals surface area contributed by atoms with Crippen molar-refractivity contribution >= 4 is 33.9 Å². The highest BCUT2D eigenvalue weighted by Gasteiger charge is 2.07. The Bertz CT molecular complexity index is 452. The van der Waals surface area contributed by atoms with Crippen molar-refractivity contribution in [3.8, 4) is 11.5 Å². The number of oxazole rings is 1. The summed E-state index contributed by atoms with van der Waals surface area (Å²) in [6, 6.07) is 2.08. The van der Waals surface area contributed by atoms with Crippen LogP contribution in [0.1, 0.15) is 19.0 Å². The lowest BCUT2D eigenvalue weighted by Gasteiger charge is -1.96. The average molecular weight is 348 g/mol. The standard InChI is InChI=1S/C11H13IN2OS/c1-2-3-13-5-9-6-15-11(14-9)8-4-10(12)16-7-8/h4,6-7,13H,2-3,5H2,1H3. The van der Waals surface area contributed by atoms with Gasteiger partial charge in [0.2, 0.25) is 5.89 Å². The maximum Gasteiger partial charge on any atom is 0.227 e. The van der Waals surface area contributed by atoms with Gasteiger partial charge in [0.15, 0.2) is 0 Å². The molecule has 2 aromatic rings. The van der Waals surface area contributed by atoms with Gasteiger partial charge in [0.1, 0.15) is 6.26 Å². The van der Waals surface area contributed by atoms with E-state index in [2.05, 4.69) is 51.3 Å². The van der Waals surface area contributed by atoms with Gasteiger partial charge in [-0.05, 0) is 41.6 Å². The first-order chi connectivity index (χ1) is 7.79. The number of rotatable bonds is 5. The fourth-order valence-electron chi connectivity index (χ4n) is 1.34. The van der Waals surface area contributed by atoms with Crippen molar-refractivity contribution in [1.29, 1.82) is 0 Å². The zero-order valence-corrected chi connectivity index (χ0v) is 12.0. The van der Waals surface area contributed by atoms with E-state index in [4.69, 9.17) is 4.42 Å². The highest BCUT2D eigenvalue weighted by atomic mass is 127. The second kappa shape index (κ2) is 5.79. The van der Waals surface area contributed by atoms with Crippen molar-refractivity contribution in [1.82, 2.24) is 10.3 Å². The Hall–Kier alpha value is -0.400. The highest BCUT2D eigenvalue weighted by Crippen LogP contribution is 2.25. The van der Waals surface area contributed by atoms with Gasteiger partial charge in [0.05, 0.1) is 8.58 Å². The number of thiophene rings is 1. The minimum Gasteiger partial charge on any atom is -0.444 e. The summed E-state index contributed by atoms with van der Waals surface area (Å²) in [6.45, 7) is 3.94. The van der Waals surface area contributed by atoms with Crippen LogP contribution in [0.4, 0.5) is 0 Å². The molecule has 0 fully saturated rings. The molecule has 0 aromatic carbocycles.